The summed E-state index contributed by atoms with van der Waals surface area (Å²) in [4.78, 5) is 12.0. The molecule has 0 amide bonds. The van der Waals surface area contributed by atoms with Gasteiger partial charge < -0.3 is 40.1 Å². The standard InChI is InChI=1S/C12H20O9/c1-3(13)10-6(16)8(18)12(21-10)9(19)7(17)11-5(15)4(14)2-20-11/h3-6,8-16,18-19H,2H2,1H3/t3?,4-,5?,6?,8+,9?,10+,11-,12-/m1/s1. The van der Waals surface area contributed by atoms with Gasteiger partial charge in [0, 0.05) is 0 Å². The van der Waals surface area contributed by atoms with Crippen molar-refractivity contribution in [2.24, 2.45) is 0 Å². The highest BCUT2D eigenvalue weighted by molar-refractivity contribution is 5.88. The number of hydrogen-bond acceptors (Lipinski definition) is 9. The fraction of sp³-hybridized carbons (Fsp3) is 0.917. The summed E-state index contributed by atoms with van der Waals surface area (Å²) in [6, 6.07) is 0. The monoisotopic (exact) mass is 308 g/mol. The molecule has 122 valence electrons. The van der Waals surface area contributed by atoms with Gasteiger partial charge in [-0.1, -0.05) is 0 Å². The summed E-state index contributed by atoms with van der Waals surface area (Å²) in [5, 5.41) is 57.8. The molecule has 2 saturated heterocycles. The summed E-state index contributed by atoms with van der Waals surface area (Å²) in [6.07, 6.45) is -12.8. The summed E-state index contributed by atoms with van der Waals surface area (Å²) >= 11 is 0. The van der Waals surface area contributed by atoms with E-state index >= 15 is 0 Å². The first kappa shape index (κ1) is 16.7. The highest BCUT2D eigenvalue weighted by Crippen LogP contribution is 2.28. The van der Waals surface area contributed by atoms with Gasteiger partial charge in [-0.3, -0.25) is 4.79 Å². The van der Waals surface area contributed by atoms with Crippen molar-refractivity contribution in [2.75, 3.05) is 6.61 Å². The molecule has 0 radical (unpaired) electrons. The quantitative estimate of drug-likeness (QED) is 0.304. The van der Waals surface area contributed by atoms with E-state index in [1.807, 2.05) is 0 Å². The molecule has 0 spiro atoms. The number of Topliss-reactive ketones (excluding diaryl/α,β-unsaturated/α-hetero) is 1. The van der Waals surface area contributed by atoms with E-state index < -0.39 is 60.7 Å². The van der Waals surface area contributed by atoms with E-state index in [1.165, 1.54) is 6.92 Å². The highest BCUT2D eigenvalue weighted by atomic mass is 16.6. The molecule has 0 saturated carbocycles. The zero-order valence-electron chi connectivity index (χ0n) is 11.3. The SMILES string of the molecule is CC(O)[C@@H]1O[C@@H](C(O)C(=O)[C@@H]2OC[C@@H](O)C2O)[C@@H](O)C1O. The fourth-order valence-corrected chi connectivity index (χ4v) is 2.57. The predicted molar refractivity (Wildman–Crippen MR) is 65.1 cm³/mol. The van der Waals surface area contributed by atoms with Crippen molar-refractivity contribution in [3.63, 3.8) is 0 Å². The fourth-order valence-electron chi connectivity index (χ4n) is 2.57. The Bertz CT molecular complexity index is 387. The first-order chi connectivity index (χ1) is 9.75. The number of ether oxygens (including phenoxy) is 2. The summed E-state index contributed by atoms with van der Waals surface area (Å²) < 4.78 is 10.0. The molecule has 9 heteroatoms. The minimum absolute atomic E-state index is 0.253. The normalized spacial score (nSPS) is 46.5. The Balaban J connectivity index is 2.06. The van der Waals surface area contributed by atoms with Crippen molar-refractivity contribution >= 4 is 5.78 Å². The first-order valence-electron chi connectivity index (χ1n) is 6.65. The molecule has 0 aromatic carbocycles. The van der Waals surface area contributed by atoms with Crippen LogP contribution in [-0.2, 0) is 14.3 Å². The van der Waals surface area contributed by atoms with Gasteiger partial charge in [-0.15, -0.1) is 0 Å². The summed E-state index contributed by atoms with van der Waals surface area (Å²) in [7, 11) is 0. The second-order valence-corrected chi connectivity index (χ2v) is 5.45. The van der Waals surface area contributed by atoms with E-state index in [1.54, 1.807) is 0 Å². The Morgan fingerprint density at radius 3 is 2.05 bits per heavy atom. The Morgan fingerprint density at radius 2 is 1.62 bits per heavy atom. The van der Waals surface area contributed by atoms with E-state index in [0.717, 1.165) is 0 Å². The van der Waals surface area contributed by atoms with Gasteiger partial charge in [0.1, 0.15) is 48.8 Å². The second kappa shape index (κ2) is 6.23. The number of hydrogen-bond donors (Lipinski definition) is 6. The van der Waals surface area contributed by atoms with Gasteiger partial charge in [0.15, 0.2) is 5.78 Å². The second-order valence-electron chi connectivity index (χ2n) is 5.45. The predicted octanol–water partition coefficient (Wildman–Crippen LogP) is -4.09. The summed E-state index contributed by atoms with van der Waals surface area (Å²) in [5.74, 6) is -0.971. The average molecular weight is 308 g/mol. The minimum Gasteiger partial charge on any atom is -0.391 e. The van der Waals surface area contributed by atoms with Crippen molar-refractivity contribution < 1.29 is 44.9 Å². The molecule has 0 aliphatic carbocycles. The third-order valence-corrected chi connectivity index (χ3v) is 3.85. The molecule has 21 heavy (non-hydrogen) atoms. The lowest BCUT2D eigenvalue weighted by Crippen LogP contribution is -2.49. The van der Waals surface area contributed by atoms with E-state index in [4.69, 9.17) is 9.47 Å². The highest BCUT2D eigenvalue weighted by Gasteiger charge is 2.52. The molecular weight excluding hydrogens is 288 g/mol. The number of carbonyl (C=O) groups excluding carboxylic acids is 1. The minimum atomic E-state index is -1.87. The maximum atomic E-state index is 12.0. The third kappa shape index (κ3) is 2.96. The molecular formula is C12H20O9. The van der Waals surface area contributed by atoms with Gasteiger partial charge in [-0.25, -0.2) is 0 Å². The Kier molecular flexibility index (Phi) is 4.96. The van der Waals surface area contributed by atoms with E-state index in [9.17, 15) is 35.4 Å². The van der Waals surface area contributed by atoms with Crippen molar-refractivity contribution in [1.29, 1.82) is 0 Å². The maximum Gasteiger partial charge on any atom is 0.195 e. The summed E-state index contributed by atoms with van der Waals surface area (Å²) in [5.41, 5.74) is 0. The van der Waals surface area contributed by atoms with Crippen LogP contribution >= 0.6 is 0 Å². The lowest BCUT2D eigenvalue weighted by molar-refractivity contribution is -0.153. The Morgan fingerprint density at radius 1 is 1.05 bits per heavy atom. The van der Waals surface area contributed by atoms with Gasteiger partial charge in [-0.05, 0) is 6.92 Å². The first-order valence-corrected chi connectivity index (χ1v) is 6.65. The van der Waals surface area contributed by atoms with Crippen LogP contribution in [-0.4, -0.2) is 98.0 Å². The van der Waals surface area contributed by atoms with Crippen LogP contribution in [0.4, 0.5) is 0 Å². The van der Waals surface area contributed by atoms with E-state index in [-0.39, 0.29) is 6.61 Å². The number of carbonyl (C=O) groups is 1. The van der Waals surface area contributed by atoms with Crippen molar-refractivity contribution in [2.45, 2.75) is 61.9 Å². The van der Waals surface area contributed by atoms with Crippen LogP contribution in [0.1, 0.15) is 6.92 Å². The largest absolute Gasteiger partial charge is 0.391 e. The number of aliphatic hydroxyl groups is 6. The smallest absolute Gasteiger partial charge is 0.195 e. The molecule has 0 aromatic heterocycles. The maximum absolute atomic E-state index is 12.0. The van der Waals surface area contributed by atoms with Crippen LogP contribution in [0.2, 0.25) is 0 Å². The number of ketones is 1. The molecule has 2 heterocycles. The third-order valence-electron chi connectivity index (χ3n) is 3.85. The molecule has 2 fully saturated rings. The van der Waals surface area contributed by atoms with Crippen molar-refractivity contribution in [1.82, 2.24) is 0 Å². The van der Waals surface area contributed by atoms with Crippen LogP contribution in [0.15, 0.2) is 0 Å². The van der Waals surface area contributed by atoms with Gasteiger partial charge in [0.05, 0.1) is 12.7 Å². The molecule has 9 nitrogen and oxygen atoms in total. The van der Waals surface area contributed by atoms with Gasteiger partial charge in [0.25, 0.3) is 0 Å². The van der Waals surface area contributed by atoms with Crippen molar-refractivity contribution in [3.05, 3.63) is 0 Å². The molecule has 0 aromatic rings. The summed E-state index contributed by atoms with van der Waals surface area (Å²) in [6.45, 7) is 1.08. The van der Waals surface area contributed by atoms with E-state index in [2.05, 4.69) is 0 Å². The molecule has 0 bridgehead atoms. The van der Waals surface area contributed by atoms with Gasteiger partial charge >= 0.3 is 0 Å². The van der Waals surface area contributed by atoms with Crippen LogP contribution in [0.25, 0.3) is 0 Å². The van der Waals surface area contributed by atoms with Crippen molar-refractivity contribution in [3.8, 4) is 0 Å². The zero-order valence-corrected chi connectivity index (χ0v) is 11.3. The Hall–Kier alpha value is -0.650. The van der Waals surface area contributed by atoms with Crippen LogP contribution in [0.3, 0.4) is 0 Å². The van der Waals surface area contributed by atoms with Crippen LogP contribution in [0.5, 0.6) is 0 Å². The number of rotatable bonds is 4. The lowest BCUT2D eigenvalue weighted by atomic mass is 9.96. The molecule has 9 atom stereocenters. The Labute approximate surface area is 120 Å². The lowest BCUT2D eigenvalue weighted by Gasteiger charge is -2.23. The molecule has 2 aliphatic heterocycles. The zero-order chi connectivity index (χ0) is 15.9. The average Bonchev–Trinajstić information content (AvgIpc) is 2.91. The molecule has 4 unspecified atom stereocenters. The van der Waals surface area contributed by atoms with Gasteiger partial charge in [-0.2, -0.15) is 0 Å². The van der Waals surface area contributed by atoms with Gasteiger partial charge in [0.2, 0.25) is 0 Å². The molecule has 2 rings (SSSR count). The number of aliphatic hydroxyl groups excluding tert-OH is 6. The molecule has 6 N–H and O–H groups in total. The van der Waals surface area contributed by atoms with E-state index in [0.29, 0.717) is 0 Å². The van der Waals surface area contributed by atoms with Crippen LogP contribution < -0.4 is 0 Å². The molecule has 2 aliphatic rings. The van der Waals surface area contributed by atoms with Crippen LogP contribution in [0, 0.1) is 0 Å². The topological polar surface area (TPSA) is 157 Å².